The van der Waals surface area contributed by atoms with Crippen LogP contribution in [-0.2, 0) is 16.2 Å². The first kappa shape index (κ1) is 19.9. The van der Waals surface area contributed by atoms with Crippen LogP contribution in [0.15, 0.2) is 47.6 Å². The number of nitrogens with zero attached hydrogens (tertiary/aromatic N) is 2. The molecule has 0 aliphatic carbocycles. The van der Waals surface area contributed by atoms with Gasteiger partial charge in [-0.3, -0.25) is 19.7 Å². The highest BCUT2D eigenvalue weighted by molar-refractivity contribution is 6.35. The van der Waals surface area contributed by atoms with Crippen molar-refractivity contribution < 1.29 is 19.2 Å². The van der Waals surface area contributed by atoms with Gasteiger partial charge in [0.2, 0.25) is 0 Å². The molecule has 0 aliphatic heterocycles. The SMILES string of the molecule is CNC(=O)C(=O)N/N=C\c1ccc(OCc2ccc([N+](=O)[O-])cc2)c(Cl)c1. The quantitative estimate of drug-likeness (QED) is 0.338. The number of nitro groups is 1. The van der Waals surface area contributed by atoms with E-state index >= 15 is 0 Å². The second-order valence-corrected chi connectivity index (χ2v) is 5.59. The first-order chi connectivity index (χ1) is 12.9. The van der Waals surface area contributed by atoms with Crippen LogP contribution in [0.4, 0.5) is 5.69 Å². The van der Waals surface area contributed by atoms with E-state index in [0.29, 0.717) is 16.3 Å². The number of likely N-dealkylation sites (N-methyl/N-ethyl adjacent to an activating group) is 1. The van der Waals surface area contributed by atoms with E-state index in [1.165, 1.54) is 25.4 Å². The van der Waals surface area contributed by atoms with Gasteiger partial charge in [-0.1, -0.05) is 11.6 Å². The maximum Gasteiger partial charge on any atom is 0.329 e. The van der Waals surface area contributed by atoms with Gasteiger partial charge in [-0.2, -0.15) is 5.10 Å². The van der Waals surface area contributed by atoms with Crippen molar-refractivity contribution in [2.24, 2.45) is 5.10 Å². The molecule has 2 aromatic carbocycles. The molecular formula is C17H15ClN4O5. The Morgan fingerprint density at radius 3 is 2.52 bits per heavy atom. The monoisotopic (exact) mass is 390 g/mol. The molecule has 2 aromatic rings. The van der Waals surface area contributed by atoms with Crippen molar-refractivity contribution in [3.05, 3.63) is 68.7 Å². The third-order valence-corrected chi connectivity index (χ3v) is 3.61. The zero-order chi connectivity index (χ0) is 19.8. The lowest BCUT2D eigenvalue weighted by atomic mass is 10.2. The van der Waals surface area contributed by atoms with Crippen LogP contribution in [0.5, 0.6) is 5.75 Å². The summed E-state index contributed by atoms with van der Waals surface area (Å²) in [6, 6.07) is 10.8. The van der Waals surface area contributed by atoms with Gasteiger partial charge >= 0.3 is 11.8 Å². The molecule has 0 fully saturated rings. The van der Waals surface area contributed by atoms with Gasteiger partial charge in [0.25, 0.3) is 5.69 Å². The van der Waals surface area contributed by atoms with Crippen molar-refractivity contribution in [2.75, 3.05) is 7.05 Å². The smallest absolute Gasteiger partial charge is 0.329 e. The van der Waals surface area contributed by atoms with E-state index in [9.17, 15) is 19.7 Å². The average Bonchev–Trinajstić information content (AvgIpc) is 2.66. The maximum atomic E-state index is 11.2. The molecule has 27 heavy (non-hydrogen) atoms. The summed E-state index contributed by atoms with van der Waals surface area (Å²) in [4.78, 5) is 32.4. The summed E-state index contributed by atoms with van der Waals surface area (Å²) < 4.78 is 5.60. The molecule has 9 nitrogen and oxygen atoms in total. The molecule has 0 saturated heterocycles. The Kier molecular flexibility index (Phi) is 6.84. The highest BCUT2D eigenvalue weighted by Gasteiger charge is 2.09. The van der Waals surface area contributed by atoms with Gasteiger partial charge in [0.15, 0.2) is 0 Å². The van der Waals surface area contributed by atoms with E-state index in [4.69, 9.17) is 16.3 Å². The second-order valence-electron chi connectivity index (χ2n) is 5.18. The van der Waals surface area contributed by atoms with Crippen molar-refractivity contribution in [3.63, 3.8) is 0 Å². The molecule has 0 bridgehead atoms. The Morgan fingerprint density at radius 2 is 1.93 bits per heavy atom. The normalized spacial score (nSPS) is 10.4. The molecule has 0 heterocycles. The third-order valence-electron chi connectivity index (χ3n) is 3.31. The Balaban J connectivity index is 1.95. The van der Waals surface area contributed by atoms with E-state index in [0.717, 1.165) is 5.56 Å². The molecule has 0 unspecified atom stereocenters. The summed E-state index contributed by atoms with van der Waals surface area (Å²) in [5, 5.41) is 16.8. The number of rotatable bonds is 6. The van der Waals surface area contributed by atoms with Gasteiger partial charge in [0.05, 0.1) is 16.2 Å². The van der Waals surface area contributed by atoms with Crippen molar-refractivity contribution >= 4 is 35.3 Å². The predicted octanol–water partition coefficient (Wildman–Crippen LogP) is 2.02. The van der Waals surface area contributed by atoms with E-state index in [1.807, 2.05) is 0 Å². The van der Waals surface area contributed by atoms with Crippen LogP contribution >= 0.6 is 11.6 Å². The molecule has 0 radical (unpaired) electrons. The van der Waals surface area contributed by atoms with Crippen LogP contribution in [0.3, 0.4) is 0 Å². The molecule has 0 atom stereocenters. The first-order valence-corrected chi connectivity index (χ1v) is 7.99. The zero-order valence-corrected chi connectivity index (χ0v) is 14.9. The number of carbonyl (C=O) groups is 2. The largest absolute Gasteiger partial charge is 0.487 e. The van der Waals surface area contributed by atoms with Gasteiger partial charge < -0.3 is 10.1 Å². The molecule has 10 heteroatoms. The second kappa shape index (κ2) is 9.30. The number of nitrogens with one attached hydrogen (secondary N) is 2. The lowest BCUT2D eigenvalue weighted by Crippen LogP contribution is -2.35. The number of halogens is 1. The molecule has 2 amide bonds. The number of nitro benzene ring substituents is 1. The summed E-state index contributed by atoms with van der Waals surface area (Å²) in [5.74, 6) is -1.27. The molecule has 0 saturated carbocycles. The minimum Gasteiger partial charge on any atom is -0.487 e. The molecule has 0 aromatic heterocycles. The Bertz CT molecular complexity index is 883. The summed E-state index contributed by atoms with van der Waals surface area (Å²) in [7, 11) is 1.33. The predicted molar refractivity (Wildman–Crippen MR) is 98.7 cm³/mol. The van der Waals surface area contributed by atoms with Crippen molar-refractivity contribution in [2.45, 2.75) is 6.61 Å². The third kappa shape index (κ3) is 5.79. The minimum absolute atomic E-state index is 0.00364. The summed E-state index contributed by atoms with van der Waals surface area (Å²) in [6.45, 7) is 0.188. The summed E-state index contributed by atoms with van der Waals surface area (Å²) >= 11 is 6.15. The standard InChI is InChI=1S/C17H15ClN4O5/c1-19-16(23)17(24)21-20-9-12-4-7-15(14(18)8-12)27-10-11-2-5-13(6-3-11)22(25)26/h2-9H,10H2,1H3,(H,19,23)(H,21,24)/b20-9-. The van der Waals surface area contributed by atoms with E-state index in [2.05, 4.69) is 15.8 Å². The number of non-ortho nitro benzene ring substituents is 1. The number of carbonyl (C=O) groups excluding carboxylic acids is 2. The van der Waals surface area contributed by atoms with Gasteiger partial charge in [-0.25, -0.2) is 5.43 Å². The number of hydrogen-bond donors (Lipinski definition) is 2. The Morgan fingerprint density at radius 1 is 1.22 bits per heavy atom. The van der Waals surface area contributed by atoms with E-state index < -0.39 is 16.7 Å². The van der Waals surface area contributed by atoms with Crippen molar-refractivity contribution in [3.8, 4) is 5.75 Å². The van der Waals surface area contributed by atoms with Crippen LogP contribution in [0, 0.1) is 10.1 Å². The maximum absolute atomic E-state index is 11.2. The first-order valence-electron chi connectivity index (χ1n) is 7.61. The van der Waals surface area contributed by atoms with Crippen LogP contribution in [0.25, 0.3) is 0 Å². The molecule has 0 aliphatic rings. The number of hydrogen-bond acceptors (Lipinski definition) is 6. The Labute approximate surface area is 159 Å². The summed E-state index contributed by atoms with van der Waals surface area (Å²) in [6.07, 6.45) is 1.33. The highest BCUT2D eigenvalue weighted by atomic mass is 35.5. The summed E-state index contributed by atoms with van der Waals surface area (Å²) in [5.41, 5.74) is 3.41. The van der Waals surface area contributed by atoms with Gasteiger partial charge in [0.1, 0.15) is 12.4 Å². The fourth-order valence-electron chi connectivity index (χ4n) is 1.92. The molecular weight excluding hydrogens is 376 g/mol. The topological polar surface area (TPSA) is 123 Å². The van der Waals surface area contributed by atoms with Crippen molar-refractivity contribution in [1.29, 1.82) is 0 Å². The van der Waals surface area contributed by atoms with Gasteiger partial charge in [0, 0.05) is 19.2 Å². The van der Waals surface area contributed by atoms with Crippen LogP contribution in [0.2, 0.25) is 5.02 Å². The zero-order valence-electron chi connectivity index (χ0n) is 14.1. The van der Waals surface area contributed by atoms with E-state index in [1.54, 1.807) is 30.3 Å². The molecule has 2 N–H and O–H groups in total. The van der Waals surface area contributed by atoms with E-state index in [-0.39, 0.29) is 12.3 Å². The number of ether oxygens (including phenoxy) is 1. The fourth-order valence-corrected chi connectivity index (χ4v) is 2.16. The number of hydrazone groups is 1. The van der Waals surface area contributed by atoms with Gasteiger partial charge in [-0.05, 0) is 41.5 Å². The molecule has 2 rings (SSSR count). The lowest BCUT2D eigenvalue weighted by Gasteiger charge is -2.08. The van der Waals surface area contributed by atoms with Crippen LogP contribution in [0.1, 0.15) is 11.1 Å². The Hall–Kier alpha value is -3.46. The van der Waals surface area contributed by atoms with Crippen LogP contribution < -0.4 is 15.5 Å². The lowest BCUT2D eigenvalue weighted by molar-refractivity contribution is -0.384. The number of benzene rings is 2. The highest BCUT2D eigenvalue weighted by Crippen LogP contribution is 2.26. The molecule has 0 spiro atoms. The van der Waals surface area contributed by atoms with Crippen LogP contribution in [-0.4, -0.2) is 30.0 Å². The number of amides is 2. The van der Waals surface area contributed by atoms with Crippen molar-refractivity contribution in [1.82, 2.24) is 10.7 Å². The fraction of sp³-hybridized carbons (Fsp3) is 0.118. The minimum atomic E-state index is -0.886. The average molecular weight is 391 g/mol. The van der Waals surface area contributed by atoms with Gasteiger partial charge in [-0.15, -0.1) is 0 Å². The molecule has 140 valence electrons.